The van der Waals surface area contributed by atoms with E-state index in [1.165, 1.54) is 0 Å². The molecule has 3 rings (SSSR count). The maximum atomic E-state index is 5.78. The molecular formula is C12H11N5. The molecule has 0 aliphatic rings. The molecule has 2 aromatic heterocycles. The molecule has 5 heteroatoms. The second-order valence-electron chi connectivity index (χ2n) is 3.97. The lowest BCUT2D eigenvalue weighted by Crippen LogP contribution is -2.01. The van der Waals surface area contributed by atoms with Gasteiger partial charge in [-0.3, -0.25) is 0 Å². The molecule has 0 spiro atoms. The summed E-state index contributed by atoms with van der Waals surface area (Å²) in [6.45, 7) is 1.97. The van der Waals surface area contributed by atoms with E-state index in [1.54, 1.807) is 17.1 Å². The van der Waals surface area contributed by atoms with Crippen molar-refractivity contribution in [3.63, 3.8) is 0 Å². The maximum absolute atomic E-state index is 5.78. The summed E-state index contributed by atoms with van der Waals surface area (Å²) in [5, 5.41) is 13.3. The number of nitrogen functional groups attached to an aromatic ring is 1. The van der Waals surface area contributed by atoms with Gasteiger partial charge in [-0.05, 0) is 36.8 Å². The van der Waals surface area contributed by atoms with Crippen molar-refractivity contribution in [2.24, 2.45) is 0 Å². The van der Waals surface area contributed by atoms with Gasteiger partial charge in [-0.2, -0.15) is 10.2 Å². The number of fused-ring (bicyclic) bond motifs is 1. The Morgan fingerprint density at radius 3 is 2.88 bits per heavy atom. The van der Waals surface area contributed by atoms with E-state index in [2.05, 4.69) is 15.3 Å². The highest BCUT2D eigenvalue weighted by molar-refractivity contribution is 5.83. The third-order valence-corrected chi connectivity index (χ3v) is 2.59. The van der Waals surface area contributed by atoms with Crippen LogP contribution in [0.25, 0.3) is 16.7 Å². The van der Waals surface area contributed by atoms with Crippen LogP contribution in [0.3, 0.4) is 0 Å². The van der Waals surface area contributed by atoms with E-state index in [0.717, 1.165) is 16.5 Å². The number of hydrogen-bond acceptors (Lipinski definition) is 4. The number of aryl methyl sites for hydroxylation is 1. The number of anilines is 1. The zero-order valence-corrected chi connectivity index (χ0v) is 9.33. The standard InChI is InChI=1S/C12H11N5/c1-8-4-12(16-14-6-8)17-11-5-10(13)3-2-9(11)7-15-17/h2-7H,13H2,1H3. The van der Waals surface area contributed by atoms with Gasteiger partial charge in [0, 0.05) is 11.1 Å². The number of nitrogens with zero attached hydrogens (tertiary/aromatic N) is 4. The summed E-state index contributed by atoms with van der Waals surface area (Å²) in [5.74, 6) is 0.700. The highest BCUT2D eigenvalue weighted by Gasteiger charge is 2.06. The lowest BCUT2D eigenvalue weighted by Gasteiger charge is -2.02. The van der Waals surface area contributed by atoms with Crippen LogP contribution < -0.4 is 5.73 Å². The van der Waals surface area contributed by atoms with Gasteiger partial charge >= 0.3 is 0 Å². The van der Waals surface area contributed by atoms with Crippen LogP contribution in [-0.2, 0) is 0 Å². The van der Waals surface area contributed by atoms with Gasteiger partial charge in [0.15, 0.2) is 5.82 Å². The van der Waals surface area contributed by atoms with Gasteiger partial charge in [-0.1, -0.05) is 0 Å². The topological polar surface area (TPSA) is 69.6 Å². The van der Waals surface area contributed by atoms with Gasteiger partial charge < -0.3 is 5.73 Å². The average Bonchev–Trinajstić information content (AvgIpc) is 2.71. The number of nitrogens with two attached hydrogens (primary N) is 1. The van der Waals surface area contributed by atoms with Gasteiger partial charge in [-0.15, -0.1) is 5.10 Å². The van der Waals surface area contributed by atoms with Crippen LogP contribution in [0.15, 0.2) is 36.7 Å². The van der Waals surface area contributed by atoms with Crippen LogP contribution in [0.5, 0.6) is 0 Å². The van der Waals surface area contributed by atoms with E-state index in [-0.39, 0.29) is 0 Å². The van der Waals surface area contributed by atoms with Gasteiger partial charge in [-0.25, -0.2) is 4.68 Å². The van der Waals surface area contributed by atoms with E-state index in [0.29, 0.717) is 11.5 Å². The molecule has 0 unspecified atom stereocenters. The summed E-state index contributed by atoms with van der Waals surface area (Å²) in [7, 11) is 0. The monoisotopic (exact) mass is 225 g/mol. The van der Waals surface area contributed by atoms with Gasteiger partial charge in [0.25, 0.3) is 0 Å². The fraction of sp³-hybridized carbons (Fsp3) is 0.0833. The first-order valence-electron chi connectivity index (χ1n) is 5.27. The second-order valence-corrected chi connectivity index (χ2v) is 3.97. The van der Waals surface area contributed by atoms with E-state index in [9.17, 15) is 0 Å². The smallest absolute Gasteiger partial charge is 0.176 e. The van der Waals surface area contributed by atoms with Crippen molar-refractivity contribution in [1.29, 1.82) is 0 Å². The Morgan fingerprint density at radius 2 is 2.06 bits per heavy atom. The van der Waals surface area contributed by atoms with Gasteiger partial charge in [0.05, 0.1) is 17.9 Å². The van der Waals surface area contributed by atoms with Crippen molar-refractivity contribution in [2.75, 3.05) is 5.73 Å². The molecule has 84 valence electrons. The molecule has 0 aliphatic heterocycles. The van der Waals surface area contributed by atoms with Crippen molar-refractivity contribution in [1.82, 2.24) is 20.0 Å². The minimum absolute atomic E-state index is 0.700. The molecule has 17 heavy (non-hydrogen) atoms. The first kappa shape index (κ1) is 9.77. The molecule has 5 nitrogen and oxygen atoms in total. The van der Waals surface area contributed by atoms with E-state index in [1.807, 2.05) is 31.2 Å². The molecular weight excluding hydrogens is 214 g/mol. The number of hydrogen-bond donors (Lipinski definition) is 1. The fourth-order valence-electron chi connectivity index (χ4n) is 1.77. The first-order valence-corrected chi connectivity index (χ1v) is 5.27. The third-order valence-electron chi connectivity index (χ3n) is 2.59. The lowest BCUT2D eigenvalue weighted by molar-refractivity contribution is 0.832. The normalized spacial score (nSPS) is 10.9. The largest absolute Gasteiger partial charge is 0.399 e. The molecule has 0 bridgehead atoms. The lowest BCUT2D eigenvalue weighted by atomic mass is 10.2. The molecule has 3 aromatic rings. The first-order chi connectivity index (χ1) is 8.24. The minimum atomic E-state index is 0.700. The summed E-state index contributed by atoms with van der Waals surface area (Å²) < 4.78 is 1.74. The summed E-state index contributed by atoms with van der Waals surface area (Å²) in [4.78, 5) is 0. The van der Waals surface area contributed by atoms with Crippen LogP contribution in [-0.4, -0.2) is 20.0 Å². The molecule has 0 saturated carbocycles. The van der Waals surface area contributed by atoms with Gasteiger partial charge in [0.2, 0.25) is 0 Å². The Labute approximate surface area is 97.9 Å². The maximum Gasteiger partial charge on any atom is 0.176 e. The Hall–Kier alpha value is -2.43. The summed E-state index contributed by atoms with van der Waals surface area (Å²) in [6.07, 6.45) is 3.50. The zero-order chi connectivity index (χ0) is 11.8. The molecule has 0 aliphatic carbocycles. The van der Waals surface area contributed by atoms with E-state index >= 15 is 0 Å². The van der Waals surface area contributed by atoms with Crippen molar-refractivity contribution >= 4 is 16.6 Å². The molecule has 0 radical (unpaired) electrons. The van der Waals surface area contributed by atoms with Crippen molar-refractivity contribution < 1.29 is 0 Å². The predicted molar refractivity (Wildman–Crippen MR) is 65.8 cm³/mol. The Kier molecular flexibility index (Phi) is 2.04. The molecule has 0 fully saturated rings. The molecule has 0 saturated heterocycles. The fourth-order valence-corrected chi connectivity index (χ4v) is 1.77. The third kappa shape index (κ3) is 1.61. The van der Waals surface area contributed by atoms with Crippen LogP contribution >= 0.6 is 0 Å². The van der Waals surface area contributed by atoms with Crippen molar-refractivity contribution in [2.45, 2.75) is 6.92 Å². The van der Waals surface area contributed by atoms with E-state index in [4.69, 9.17) is 5.73 Å². The molecule has 1 aromatic carbocycles. The predicted octanol–water partition coefficient (Wildman–Crippen LogP) is 1.71. The van der Waals surface area contributed by atoms with Crippen LogP contribution in [0.4, 0.5) is 5.69 Å². The highest BCUT2D eigenvalue weighted by Crippen LogP contribution is 2.19. The SMILES string of the molecule is Cc1cnnc(-n2ncc3ccc(N)cc32)c1. The van der Waals surface area contributed by atoms with Crippen LogP contribution in [0.1, 0.15) is 5.56 Å². The average molecular weight is 225 g/mol. The number of aromatic nitrogens is 4. The summed E-state index contributed by atoms with van der Waals surface area (Å²) in [6, 6.07) is 7.61. The Balaban J connectivity index is 2.27. The molecule has 0 atom stereocenters. The number of benzene rings is 1. The molecule has 0 amide bonds. The van der Waals surface area contributed by atoms with Gasteiger partial charge in [0.1, 0.15) is 0 Å². The Morgan fingerprint density at radius 1 is 1.18 bits per heavy atom. The minimum Gasteiger partial charge on any atom is -0.399 e. The van der Waals surface area contributed by atoms with E-state index < -0.39 is 0 Å². The summed E-state index contributed by atoms with van der Waals surface area (Å²) in [5.41, 5.74) is 8.47. The number of rotatable bonds is 1. The second kappa shape index (κ2) is 3.55. The summed E-state index contributed by atoms with van der Waals surface area (Å²) >= 11 is 0. The molecule has 2 heterocycles. The van der Waals surface area contributed by atoms with Crippen LogP contribution in [0.2, 0.25) is 0 Å². The molecule has 2 N–H and O–H groups in total. The van der Waals surface area contributed by atoms with Crippen molar-refractivity contribution in [3.8, 4) is 5.82 Å². The zero-order valence-electron chi connectivity index (χ0n) is 9.33. The van der Waals surface area contributed by atoms with Crippen LogP contribution in [0, 0.1) is 6.92 Å². The highest BCUT2D eigenvalue weighted by atomic mass is 15.3. The Bertz CT molecular complexity index is 686. The quantitative estimate of drug-likeness (QED) is 0.640. The van der Waals surface area contributed by atoms with Crippen molar-refractivity contribution in [3.05, 3.63) is 42.2 Å².